The van der Waals surface area contributed by atoms with Gasteiger partial charge in [0.2, 0.25) is 0 Å². The van der Waals surface area contributed by atoms with Crippen LogP contribution in [0.25, 0.3) is 11.1 Å². The summed E-state index contributed by atoms with van der Waals surface area (Å²) in [7, 11) is 0. The molecular formula is C30H30N2. The van der Waals surface area contributed by atoms with E-state index < -0.39 is 0 Å². The van der Waals surface area contributed by atoms with Crippen molar-refractivity contribution in [1.29, 1.82) is 0 Å². The summed E-state index contributed by atoms with van der Waals surface area (Å²) < 4.78 is 0. The fourth-order valence-corrected chi connectivity index (χ4v) is 4.79. The van der Waals surface area contributed by atoms with Gasteiger partial charge in [-0.1, -0.05) is 123 Å². The summed E-state index contributed by atoms with van der Waals surface area (Å²) in [5, 5.41) is 0. The van der Waals surface area contributed by atoms with E-state index in [1.165, 1.54) is 33.4 Å². The molecule has 0 saturated carbocycles. The summed E-state index contributed by atoms with van der Waals surface area (Å²) in [5.74, 6) is 0.836. The highest BCUT2D eigenvalue weighted by molar-refractivity contribution is 5.63. The maximum absolute atomic E-state index is 3.62. The Morgan fingerprint density at radius 3 is 1.50 bits per heavy atom. The molecule has 1 aliphatic rings. The van der Waals surface area contributed by atoms with Gasteiger partial charge in [-0.05, 0) is 39.3 Å². The van der Waals surface area contributed by atoms with Crippen LogP contribution in [0.4, 0.5) is 0 Å². The molecule has 160 valence electrons. The highest BCUT2D eigenvalue weighted by Gasteiger charge is 2.38. The first-order chi connectivity index (χ1) is 15.7. The van der Waals surface area contributed by atoms with E-state index >= 15 is 0 Å². The van der Waals surface area contributed by atoms with Crippen LogP contribution in [-0.2, 0) is 0 Å². The Balaban J connectivity index is 1.48. The third kappa shape index (κ3) is 4.12. The second-order valence-electron chi connectivity index (χ2n) is 8.99. The van der Waals surface area contributed by atoms with Crippen molar-refractivity contribution in [1.82, 2.24) is 10.9 Å². The van der Waals surface area contributed by atoms with Crippen LogP contribution in [0.2, 0.25) is 0 Å². The molecule has 0 amide bonds. The molecule has 5 rings (SSSR count). The maximum atomic E-state index is 3.62. The Labute approximate surface area is 191 Å². The fourth-order valence-electron chi connectivity index (χ4n) is 4.79. The van der Waals surface area contributed by atoms with E-state index in [9.17, 15) is 0 Å². The molecule has 1 saturated heterocycles. The molecule has 0 spiro atoms. The van der Waals surface area contributed by atoms with E-state index in [0.717, 1.165) is 0 Å². The first-order valence-electron chi connectivity index (χ1n) is 11.5. The van der Waals surface area contributed by atoms with Crippen LogP contribution in [0.1, 0.15) is 60.0 Å². The highest BCUT2D eigenvalue weighted by atomic mass is 15.4. The van der Waals surface area contributed by atoms with Crippen LogP contribution in [0.15, 0.2) is 109 Å². The topological polar surface area (TPSA) is 24.1 Å². The van der Waals surface area contributed by atoms with Crippen molar-refractivity contribution in [2.75, 3.05) is 0 Å². The van der Waals surface area contributed by atoms with Gasteiger partial charge >= 0.3 is 0 Å². The zero-order valence-electron chi connectivity index (χ0n) is 18.7. The molecular weight excluding hydrogens is 388 g/mol. The molecule has 3 unspecified atom stereocenters. The predicted molar refractivity (Wildman–Crippen MR) is 133 cm³/mol. The maximum Gasteiger partial charge on any atom is 0.0549 e. The summed E-state index contributed by atoms with van der Waals surface area (Å²) in [5.41, 5.74) is 15.1. The molecule has 0 aliphatic carbocycles. The Bertz CT molecular complexity index is 1130. The van der Waals surface area contributed by atoms with Gasteiger partial charge in [0.1, 0.15) is 0 Å². The zero-order valence-corrected chi connectivity index (χ0v) is 18.7. The fraction of sp³-hybridized carbons (Fsp3) is 0.200. The van der Waals surface area contributed by atoms with Crippen molar-refractivity contribution in [3.05, 3.63) is 131 Å². The van der Waals surface area contributed by atoms with Crippen LogP contribution in [0.5, 0.6) is 0 Å². The Morgan fingerprint density at radius 2 is 0.969 bits per heavy atom. The second-order valence-corrected chi connectivity index (χ2v) is 8.99. The van der Waals surface area contributed by atoms with Crippen molar-refractivity contribution in [3.8, 4) is 11.1 Å². The first kappa shape index (κ1) is 20.7. The van der Waals surface area contributed by atoms with E-state index in [1.807, 2.05) is 0 Å². The number of hydrogen-bond donors (Lipinski definition) is 2. The van der Waals surface area contributed by atoms with Crippen LogP contribution in [-0.4, -0.2) is 0 Å². The minimum atomic E-state index is 0.192. The second kappa shape index (κ2) is 9.12. The Kier molecular flexibility index (Phi) is 5.89. The molecule has 2 heteroatoms. The van der Waals surface area contributed by atoms with Gasteiger partial charge in [-0.3, -0.25) is 0 Å². The monoisotopic (exact) mass is 418 g/mol. The van der Waals surface area contributed by atoms with Gasteiger partial charge in [0, 0.05) is 5.92 Å². The molecule has 2 nitrogen and oxygen atoms in total. The van der Waals surface area contributed by atoms with Crippen molar-refractivity contribution in [2.24, 2.45) is 0 Å². The highest BCUT2D eigenvalue weighted by Crippen LogP contribution is 2.44. The van der Waals surface area contributed by atoms with Crippen LogP contribution >= 0.6 is 0 Å². The minimum Gasteiger partial charge on any atom is -0.249 e. The SMILES string of the molecule is CC(C)c1ccc(C2NNC(c3ccc(-c4ccccc4)cc3)C2c2ccccc2)cc1. The molecule has 0 radical (unpaired) electrons. The standard InChI is InChI=1S/C30H30N2/c1-21(2)22-13-17-26(18-14-22)29-28(25-11-7-4-8-12-25)30(32-31-29)27-19-15-24(16-20-27)23-9-5-3-6-10-23/h3-21,28-32H,1-2H3. The minimum absolute atomic E-state index is 0.192. The number of benzene rings is 4. The van der Waals surface area contributed by atoms with Crippen molar-refractivity contribution in [2.45, 2.75) is 37.8 Å². The quantitative estimate of drug-likeness (QED) is 0.359. The van der Waals surface area contributed by atoms with Crippen molar-refractivity contribution >= 4 is 0 Å². The van der Waals surface area contributed by atoms with Gasteiger partial charge in [-0.25, -0.2) is 10.9 Å². The molecule has 1 fully saturated rings. The lowest BCUT2D eigenvalue weighted by Crippen LogP contribution is -2.26. The van der Waals surface area contributed by atoms with Gasteiger partial charge in [-0.2, -0.15) is 0 Å². The van der Waals surface area contributed by atoms with Crippen molar-refractivity contribution in [3.63, 3.8) is 0 Å². The van der Waals surface area contributed by atoms with Gasteiger partial charge in [-0.15, -0.1) is 0 Å². The summed E-state index contributed by atoms with van der Waals surface area (Å²) in [4.78, 5) is 0. The summed E-state index contributed by atoms with van der Waals surface area (Å²) in [6, 6.07) is 39.9. The zero-order chi connectivity index (χ0) is 21.9. The Morgan fingerprint density at radius 1 is 0.500 bits per heavy atom. The van der Waals surface area contributed by atoms with Gasteiger partial charge in [0.25, 0.3) is 0 Å². The largest absolute Gasteiger partial charge is 0.249 e. The number of hydrogen-bond acceptors (Lipinski definition) is 2. The lowest BCUT2D eigenvalue weighted by Gasteiger charge is -2.25. The van der Waals surface area contributed by atoms with E-state index in [0.29, 0.717) is 11.8 Å². The number of rotatable bonds is 5. The third-order valence-corrected chi connectivity index (χ3v) is 6.64. The lowest BCUT2D eigenvalue weighted by atomic mass is 9.80. The molecule has 3 atom stereocenters. The molecule has 2 N–H and O–H groups in total. The molecule has 0 bridgehead atoms. The van der Waals surface area contributed by atoms with Gasteiger partial charge < -0.3 is 0 Å². The van der Waals surface area contributed by atoms with E-state index in [2.05, 4.69) is 134 Å². The Hall–Kier alpha value is -3.20. The van der Waals surface area contributed by atoms with Crippen LogP contribution in [0.3, 0.4) is 0 Å². The first-order valence-corrected chi connectivity index (χ1v) is 11.5. The van der Waals surface area contributed by atoms with Gasteiger partial charge in [0.15, 0.2) is 0 Å². The molecule has 1 heterocycles. The number of nitrogens with one attached hydrogen (secondary N) is 2. The summed E-state index contributed by atoms with van der Waals surface area (Å²) in [6.45, 7) is 4.48. The predicted octanol–water partition coefficient (Wildman–Crippen LogP) is 7.15. The molecule has 4 aromatic carbocycles. The summed E-state index contributed by atoms with van der Waals surface area (Å²) in [6.07, 6.45) is 0. The molecule has 1 aliphatic heterocycles. The normalized spacial score (nSPS) is 20.5. The molecule has 0 aromatic heterocycles. The van der Waals surface area contributed by atoms with E-state index in [-0.39, 0.29) is 12.1 Å². The van der Waals surface area contributed by atoms with Gasteiger partial charge in [0.05, 0.1) is 12.1 Å². The average Bonchev–Trinajstić information content (AvgIpc) is 3.30. The van der Waals surface area contributed by atoms with Crippen LogP contribution < -0.4 is 10.9 Å². The van der Waals surface area contributed by atoms with Crippen molar-refractivity contribution < 1.29 is 0 Å². The summed E-state index contributed by atoms with van der Waals surface area (Å²) >= 11 is 0. The van der Waals surface area contributed by atoms with E-state index in [1.54, 1.807) is 0 Å². The molecule has 32 heavy (non-hydrogen) atoms. The van der Waals surface area contributed by atoms with Crippen LogP contribution in [0, 0.1) is 0 Å². The third-order valence-electron chi connectivity index (χ3n) is 6.64. The average molecular weight is 419 g/mol. The number of hydrazine groups is 1. The molecule has 4 aromatic rings. The van der Waals surface area contributed by atoms with E-state index in [4.69, 9.17) is 0 Å². The lowest BCUT2D eigenvalue weighted by molar-refractivity contribution is 0.553. The smallest absolute Gasteiger partial charge is 0.0549 e.